The van der Waals surface area contributed by atoms with Crippen molar-refractivity contribution in [1.29, 1.82) is 0 Å². The number of nitrogens with zero attached hydrogens (tertiary/aromatic N) is 3. The second-order valence-electron chi connectivity index (χ2n) is 8.52. The van der Waals surface area contributed by atoms with E-state index in [1.165, 1.54) is 28.0 Å². The van der Waals surface area contributed by atoms with Crippen LogP contribution < -0.4 is 24.9 Å². The fourth-order valence-electron chi connectivity index (χ4n) is 4.28. The van der Waals surface area contributed by atoms with Gasteiger partial charge in [0.25, 0.3) is 17.2 Å². The molecule has 0 saturated carbocycles. The van der Waals surface area contributed by atoms with Crippen molar-refractivity contribution in [3.05, 3.63) is 131 Å². The highest BCUT2D eigenvalue weighted by Gasteiger charge is 2.32. The van der Waals surface area contributed by atoms with Crippen LogP contribution in [-0.2, 0) is 4.79 Å². The van der Waals surface area contributed by atoms with E-state index in [-0.39, 0.29) is 16.8 Å². The molecule has 0 radical (unpaired) electrons. The van der Waals surface area contributed by atoms with Crippen molar-refractivity contribution < 1.29 is 14.5 Å². The van der Waals surface area contributed by atoms with Gasteiger partial charge in [-0.15, -0.1) is 0 Å². The molecule has 1 aliphatic heterocycles. The molecule has 10 heteroatoms. The van der Waals surface area contributed by atoms with Gasteiger partial charge < -0.3 is 10.1 Å². The number of methoxy groups -OCH3 is 1. The second kappa shape index (κ2) is 10.3. The number of hydrogen-bond donors (Lipinski definition) is 1. The minimum Gasteiger partial charge on any atom is -0.497 e. The molecular formula is C28H22N4O5S. The van der Waals surface area contributed by atoms with Gasteiger partial charge in [-0.1, -0.05) is 41.7 Å². The van der Waals surface area contributed by atoms with Gasteiger partial charge in [-0.25, -0.2) is 4.99 Å². The van der Waals surface area contributed by atoms with Gasteiger partial charge in [0.1, 0.15) is 5.75 Å². The second-order valence-corrected chi connectivity index (χ2v) is 9.53. The number of allylic oxidation sites excluding steroid dienone is 1. The van der Waals surface area contributed by atoms with Crippen LogP contribution in [0.5, 0.6) is 5.75 Å². The molecule has 0 spiro atoms. The van der Waals surface area contributed by atoms with E-state index >= 15 is 0 Å². The number of rotatable bonds is 6. The minimum atomic E-state index is -0.825. The summed E-state index contributed by atoms with van der Waals surface area (Å²) in [4.78, 5) is 43.1. The van der Waals surface area contributed by atoms with Gasteiger partial charge in [-0.05, 0) is 60.5 Å². The van der Waals surface area contributed by atoms with Gasteiger partial charge >= 0.3 is 0 Å². The summed E-state index contributed by atoms with van der Waals surface area (Å²) < 4.78 is 7.13. The number of ether oxygens (including phenoxy) is 1. The first-order valence-corrected chi connectivity index (χ1v) is 12.4. The monoisotopic (exact) mass is 526 g/mol. The zero-order valence-corrected chi connectivity index (χ0v) is 21.3. The third kappa shape index (κ3) is 4.76. The number of non-ortho nitro benzene ring substituents is 1. The summed E-state index contributed by atoms with van der Waals surface area (Å²) in [6.07, 6.45) is 1.76. The van der Waals surface area contributed by atoms with Crippen molar-refractivity contribution in [3.8, 4) is 5.75 Å². The SMILES string of the molecule is COc1ccc(/C=c2\sc3n(c2=O)C(c2ccc([N+](=O)[O-])cc2)C(C(=O)Nc2ccccc2)=C(C)N=3)cc1. The molecule has 0 bridgehead atoms. The molecule has 0 aliphatic carbocycles. The van der Waals surface area contributed by atoms with Crippen LogP contribution in [0.2, 0.25) is 0 Å². The Hall–Kier alpha value is -4.83. The first-order valence-electron chi connectivity index (χ1n) is 11.6. The number of hydrogen-bond acceptors (Lipinski definition) is 7. The number of nitro benzene ring substituents is 1. The number of nitrogens with one attached hydrogen (secondary N) is 1. The summed E-state index contributed by atoms with van der Waals surface area (Å²) in [5.41, 5.74) is 2.30. The molecule has 38 heavy (non-hydrogen) atoms. The molecular weight excluding hydrogens is 504 g/mol. The lowest BCUT2D eigenvalue weighted by Crippen LogP contribution is -2.40. The third-order valence-electron chi connectivity index (χ3n) is 6.13. The normalized spacial score (nSPS) is 15.0. The van der Waals surface area contributed by atoms with Crippen molar-refractivity contribution in [3.63, 3.8) is 0 Å². The summed E-state index contributed by atoms with van der Waals surface area (Å²) in [6, 6.07) is 21.3. The van der Waals surface area contributed by atoms with Gasteiger partial charge in [-0.3, -0.25) is 24.3 Å². The van der Waals surface area contributed by atoms with Crippen molar-refractivity contribution in [2.45, 2.75) is 13.0 Å². The molecule has 3 aromatic carbocycles. The molecule has 0 saturated heterocycles. The lowest BCUT2D eigenvalue weighted by Gasteiger charge is -2.25. The van der Waals surface area contributed by atoms with E-state index in [9.17, 15) is 19.7 Å². The van der Waals surface area contributed by atoms with Crippen LogP contribution >= 0.6 is 11.3 Å². The van der Waals surface area contributed by atoms with E-state index in [1.807, 2.05) is 18.2 Å². The van der Waals surface area contributed by atoms with Gasteiger partial charge in [-0.2, -0.15) is 0 Å². The smallest absolute Gasteiger partial charge is 0.271 e. The highest BCUT2D eigenvalue weighted by molar-refractivity contribution is 7.07. The number of para-hydroxylation sites is 1. The molecule has 4 aromatic rings. The Bertz CT molecular complexity index is 1740. The summed E-state index contributed by atoms with van der Waals surface area (Å²) in [5.74, 6) is 0.289. The molecule has 5 rings (SSSR count). The Labute approximate surface area is 220 Å². The summed E-state index contributed by atoms with van der Waals surface area (Å²) in [5, 5.41) is 14.1. The average molecular weight is 527 g/mol. The number of aromatic nitrogens is 1. The van der Waals surface area contributed by atoms with Crippen LogP contribution in [0.25, 0.3) is 6.08 Å². The minimum absolute atomic E-state index is 0.0864. The van der Waals surface area contributed by atoms with Gasteiger partial charge in [0.2, 0.25) is 0 Å². The van der Waals surface area contributed by atoms with Crippen molar-refractivity contribution in [1.82, 2.24) is 4.57 Å². The molecule has 1 N–H and O–H groups in total. The van der Waals surface area contributed by atoms with E-state index in [2.05, 4.69) is 10.3 Å². The van der Waals surface area contributed by atoms with Crippen molar-refractivity contribution >= 4 is 34.7 Å². The zero-order valence-electron chi connectivity index (χ0n) is 20.5. The first-order chi connectivity index (χ1) is 18.4. The maximum absolute atomic E-state index is 13.7. The number of carbonyl (C=O) groups excluding carboxylic acids is 1. The van der Waals surface area contributed by atoms with E-state index in [0.29, 0.717) is 32.0 Å². The lowest BCUT2D eigenvalue weighted by atomic mass is 9.95. The molecule has 190 valence electrons. The third-order valence-corrected chi connectivity index (χ3v) is 7.11. The maximum atomic E-state index is 13.7. The Kier molecular flexibility index (Phi) is 6.71. The molecule has 1 aromatic heterocycles. The van der Waals surface area contributed by atoms with E-state index in [1.54, 1.807) is 68.6 Å². The van der Waals surface area contributed by atoms with Crippen LogP contribution in [0.4, 0.5) is 11.4 Å². The number of anilines is 1. The van der Waals surface area contributed by atoms with E-state index in [4.69, 9.17) is 4.74 Å². The standard InChI is InChI=1S/C28H22N4O5S/c1-17-24(26(33)30-20-6-4-3-5-7-20)25(19-10-12-21(13-11-19)32(35)36)31-27(34)23(38-28(31)29-17)16-18-8-14-22(37-2)15-9-18/h3-16,25H,1-2H3,(H,30,33)/b23-16-. The molecule has 1 unspecified atom stereocenters. The molecule has 1 amide bonds. The Morgan fingerprint density at radius 3 is 2.39 bits per heavy atom. The topological polar surface area (TPSA) is 116 Å². The quantitative estimate of drug-likeness (QED) is 0.303. The number of nitro groups is 1. The molecule has 1 aliphatic rings. The first kappa shape index (κ1) is 24.8. The lowest BCUT2D eigenvalue weighted by molar-refractivity contribution is -0.384. The van der Waals surface area contributed by atoms with Gasteiger partial charge in [0.15, 0.2) is 4.80 Å². The van der Waals surface area contributed by atoms with Crippen LogP contribution in [0.3, 0.4) is 0 Å². The van der Waals surface area contributed by atoms with Crippen LogP contribution in [0, 0.1) is 10.1 Å². The number of thiazole rings is 1. The summed E-state index contributed by atoms with van der Waals surface area (Å²) in [7, 11) is 1.58. The summed E-state index contributed by atoms with van der Waals surface area (Å²) >= 11 is 1.22. The largest absolute Gasteiger partial charge is 0.497 e. The fraction of sp³-hybridized carbons (Fsp3) is 0.107. The number of carbonyl (C=O) groups is 1. The number of benzene rings is 3. The molecule has 2 heterocycles. The van der Waals surface area contributed by atoms with Crippen LogP contribution in [0.1, 0.15) is 24.1 Å². The van der Waals surface area contributed by atoms with Gasteiger partial charge in [0.05, 0.1) is 33.9 Å². The van der Waals surface area contributed by atoms with Crippen LogP contribution in [-0.4, -0.2) is 22.5 Å². The molecule has 0 fully saturated rings. The predicted molar refractivity (Wildman–Crippen MR) is 145 cm³/mol. The predicted octanol–water partition coefficient (Wildman–Crippen LogP) is 3.79. The highest BCUT2D eigenvalue weighted by Crippen LogP contribution is 2.31. The maximum Gasteiger partial charge on any atom is 0.271 e. The van der Waals surface area contributed by atoms with Crippen LogP contribution in [0.15, 0.2) is 99.9 Å². The molecule has 1 atom stereocenters. The summed E-state index contributed by atoms with van der Waals surface area (Å²) in [6.45, 7) is 1.72. The Morgan fingerprint density at radius 1 is 1.08 bits per heavy atom. The Morgan fingerprint density at radius 2 is 1.76 bits per heavy atom. The zero-order chi connectivity index (χ0) is 26.8. The van der Waals surface area contributed by atoms with E-state index in [0.717, 1.165) is 5.56 Å². The average Bonchev–Trinajstić information content (AvgIpc) is 3.22. The molecule has 9 nitrogen and oxygen atoms in total. The van der Waals surface area contributed by atoms with E-state index < -0.39 is 16.9 Å². The number of amides is 1. The van der Waals surface area contributed by atoms with Gasteiger partial charge in [0, 0.05) is 17.8 Å². The Balaban J connectivity index is 1.66. The van der Waals surface area contributed by atoms with Crippen molar-refractivity contribution in [2.24, 2.45) is 4.99 Å². The number of fused-ring (bicyclic) bond motifs is 1. The fourth-order valence-corrected chi connectivity index (χ4v) is 5.32. The highest BCUT2D eigenvalue weighted by atomic mass is 32.1. The van der Waals surface area contributed by atoms with Crippen molar-refractivity contribution in [2.75, 3.05) is 12.4 Å².